The van der Waals surface area contributed by atoms with Crippen LogP contribution in [0.4, 0.5) is 5.82 Å². The van der Waals surface area contributed by atoms with Gasteiger partial charge in [0.1, 0.15) is 5.82 Å². The Morgan fingerprint density at radius 1 is 1.40 bits per heavy atom. The van der Waals surface area contributed by atoms with E-state index in [-0.39, 0.29) is 17.5 Å². The lowest BCUT2D eigenvalue weighted by Gasteiger charge is -2.10. The van der Waals surface area contributed by atoms with Crippen LogP contribution < -0.4 is 5.73 Å². The number of nitrogens with zero attached hydrogens (tertiary/aromatic N) is 4. The molecule has 0 bridgehead atoms. The highest BCUT2D eigenvalue weighted by Gasteiger charge is 2.31. The third-order valence-corrected chi connectivity index (χ3v) is 5.36. The summed E-state index contributed by atoms with van der Waals surface area (Å²) < 4.78 is 24.8. The van der Waals surface area contributed by atoms with Crippen LogP contribution in [0.3, 0.4) is 0 Å². The van der Waals surface area contributed by atoms with Gasteiger partial charge in [-0.25, -0.2) is 13.1 Å². The summed E-state index contributed by atoms with van der Waals surface area (Å²) in [5, 5.41) is 12.0. The SMILES string of the molecule is Cc1c(-c2ccnnc2)nn(C2CCS(=O)(=O)C2)c1N. The molecule has 2 N–H and O–H groups in total. The molecule has 0 spiro atoms. The van der Waals surface area contributed by atoms with Crippen molar-refractivity contribution in [3.63, 3.8) is 0 Å². The van der Waals surface area contributed by atoms with E-state index in [1.54, 1.807) is 23.1 Å². The lowest BCUT2D eigenvalue weighted by Crippen LogP contribution is -2.14. The molecule has 3 heterocycles. The van der Waals surface area contributed by atoms with Crippen molar-refractivity contribution >= 4 is 15.7 Å². The van der Waals surface area contributed by atoms with E-state index < -0.39 is 9.84 Å². The predicted molar refractivity (Wildman–Crippen MR) is 74.7 cm³/mol. The molecule has 1 aliphatic heterocycles. The topological polar surface area (TPSA) is 104 Å². The van der Waals surface area contributed by atoms with Crippen molar-refractivity contribution in [2.45, 2.75) is 19.4 Å². The summed E-state index contributed by atoms with van der Waals surface area (Å²) in [6, 6.07) is 1.62. The summed E-state index contributed by atoms with van der Waals surface area (Å²) in [7, 11) is -2.97. The molecule has 3 rings (SSSR count). The Morgan fingerprint density at radius 2 is 2.20 bits per heavy atom. The molecule has 0 aliphatic carbocycles. The summed E-state index contributed by atoms with van der Waals surface area (Å²) in [4.78, 5) is 0. The van der Waals surface area contributed by atoms with E-state index in [0.717, 1.165) is 16.8 Å². The molecule has 0 amide bonds. The van der Waals surface area contributed by atoms with E-state index in [2.05, 4.69) is 15.3 Å². The van der Waals surface area contributed by atoms with Crippen molar-refractivity contribution < 1.29 is 8.42 Å². The van der Waals surface area contributed by atoms with E-state index in [1.807, 2.05) is 6.92 Å². The van der Waals surface area contributed by atoms with Gasteiger partial charge in [0.15, 0.2) is 9.84 Å². The molecule has 0 radical (unpaired) electrons. The standard InChI is InChI=1S/C12H15N5O2S/c1-8-11(9-2-4-14-15-6-9)16-17(12(8)13)10-3-5-20(18,19)7-10/h2,4,6,10H,3,5,7,13H2,1H3. The first-order valence-electron chi connectivity index (χ1n) is 6.30. The van der Waals surface area contributed by atoms with Gasteiger partial charge in [0.05, 0.1) is 35.6 Å². The number of nitrogens with two attached hydrogens (primary N) is 1. The van der Waals surface area contributed by atoms with Crippen LogP contribution in [-0.2, 0) is 9.84 Å². The minimum absolute atomic E-state index is 0.104. The molecular weight excluding hydrogens is 278 g/mol. The molecule has 1 unspecified atom stereocenters. The van der Waals surface area contributed by atoms with Crippen LogP contribution in [0.15, 0.2) is 18.5 Å². The maximum atomic E-state index is 11.6. The van der Waals surface area contributed by atoms with Gasteiger partial charge in [-0.05, 0) is 19.4 Å². The van der Waals surface area contributed by atoms with Crippen LogP contribution in [0.5, 0.6) is 0 Å². The predicted octanol–water partition coefficient (Wildman–Crippen LogP) is 0.590. The second kappa shape index (κ2) is 4.55. The number of anilines is 1. The normalized spacial score (nSPS) is 21.1. The molecule has 1 fully saturated rings. The van der Waals surface area contributed by atoms with Crippen molar-refractivity contribution in [2.24, 2.45) is 0 Å². The fourth-order valence-electron chi connectivity index (χ4n) is 2.48. The number of hydrogen-bond acceptors (Lipinski definition) is 6. The molecule has 8 heteroatoms. The van der Waals surface area contributed by atoms with Crippen LogP contribution >= 0.6 is 0 Å². The molecule has 1 aliphatic rings. The largest absolute Gasteiger partial charge is 0.384 e. The van der Waals surface area contributed by atoms with Gasteiger partial charge in [0, 0.05) is 11.1 Å². The number of sulfone groups is 1. The number of rotatable bonds is 2. The number of aromatic nitrogens is 4. The van der Waals surface area contributed by atoms with Crippen LogP contribution in [0.2, 0.25) is 0 Å². The average Bonchev–Trinajstić information content (AvgIpc) is 2.93. The van der Waals surface area contributed by atoms with Gasteiger partial charge < -0.3 is 5.73 Å². The first kappa shape index (κ1) is 13.0. The lowest BCUT2D eigenvalue weighted by atomic mass is 10.1. The average molecular weight is 293 g/mol. The maximum Gasteiger partial charge on any atom is 0.152 e. The Morgan fingerprint density at radius 3 is 2.80 bits per heavy atom. The summed E-state index contributed by atoms with van der Waals surface area (Å²) >= 11 is 0. The highest BCUT2D eigenvalue weighted by molar-refractivity contribution is 7.91. The van der Waals surface area contributed by atoms with Gasteiger partial charge >= 0.3 is 0 Å². The lowest BCUT2D eigenvalue weighted by molar-refractivity contribution is 0.508. The fraction of sp³-hybridized carbons (Fsp3) is 0.417. The molecule has 7 nitrogen and oxygen atoms in total. The van der Waals surface area contributed by atoms with E-state index in [9.17, 15) is 8.42 Å². The van der Waals surface area contributed by atoms with Crippen LogP contribution in [0.25, 0.3) is 11.3 Å². The zero-order valence-electron chi connectivity index (χ0n) is 11.0. The third kappa shape index (κ3) is 2.15. The van der Waals surface area contributed by atoms with Crippen LogP contribution in [-0.4, -0.2) is 39.9 Å². The highest BCUT2D eigenvalue weighted by Crippen LogP contribution is 2.31. The minimum atomic E-state index is -2.97. The van der Waals surface area contributed by atoms with Gasteiger partial charge in [-0.15, -0.1) is 0 Å². The Bertz CT molecular complexity index is 739. The quantitative estimate of drug-likeness (QED) is 0.869. The second-order valence-electron chi connectivity index (χ2n) is 4.99. The highest BCUT2D eigenvalue weighted by atomic mass is 32.2. The molecule has 2 aromatic heterocycles. The Balaban J connectivity index is 2.03. The fourth-order valence-corrected chi connectivity index (χ4v) is 4.17. The smallest absolute Gasteiger partial charge is 0.152 e. The van der Waals surface area contributed by atoms with Gasteiger partial charge in [-0.1, -0.05) is 0 Å². The van der Waals surface area contributed by atoms with E-state index in [0.29, 0.717) is 12.2 Å². The number of nitrogen functional groups attached to an aromatic ring is 1. The summed E-state index contributed by atoms with van der Waals surface area (Å²) in [5.41, 5.74) is 8.46. The summed E-state index contributed by atoms with van der Waals surface area (Å²) in [6.07, 6.45) is 3.76. The van der Waals surface area contributed by atoms with Gasteiger partial charge in [0.25, 0.3) is 0 Å². The minimum Gasteiger partial charge on any atom is -0.384 e. The molecule has 1 atom stereocenters. The molecule has 2 aromatic rings. The van der Waals surface area contributed by atoms with Gasteiger partial charge in [0.2, 0.25) is 0 Å². The molecule has 20 heavy (non-hydrogen) atoms. The van der Waals surface area contributed by atoms with Gasteiger partial charge in [-0.2, -0.15) is 15.3 Å². The monoisotopic (exact) mass is 293 g/mol. The summed E-state index contributed by atoms with van der Waals surface area (Å²) in [5.74, 6) is 0.813. The van der Waals surface area contributed by atoms with Crippen molar-refractivity contribution in [2.75, 3.05) is 17.2 Å². The van der Waals surface area contributed by atoms with Crippen molar-refractivity contribution in [3.05, 3.63) is 24.0 Å². The second-order valence-corrected chi connectivity index (χ2v) is 7.22. The van der Waals surface area contributed by atoms with E-state index in [1.165, 1.54) is 0 Å². The van der Waals surface area contributed by atoms with Crippen LogP contribution in [0.1, 0.15) is 18.0 Å². The molecule has 0 aromatic carbocycles. The van der Waals surface area contributed by atoms with Crippen molar-refractivity contribution in [3.8, 4) is 11.3 Å². The van der Waals surface area contributed by atoms with E-state index >= 15 is 0 Å². The van der Waals surface area contributed by atoms with Gasteiger partial charge in [-0.3, -0.25) is 0 Å². The molecule has 106 valence electrons. The third-order valence-electron chi connectivity index (χ3n) is 3.61. The zero-order chi connectivity index (χ0) is 14.3. The zero-order valence-corrected chi connectivity index (χ0v) is 11.8. The first-order chi connectivity index (χ1) is 9.48. The Hall–Kier alpha value is -1.96. The Kier molecular flexibility index (Phi) is 2.97. The van der Waals surface area contributed by atoms with Crippen LogP contribution in [0, 0.1) is 6.92 Å². The Labute approximate surface area is 116 Å². The molecule has 0 saturated carbocycles. The number of hydrogen-bond donors (Lipinski definition) is 1. The summed E-state index contributed by atoms with van der Waals surface area (Å²) in [6.45, 7) is 1.87. The van der Waals surface area contributed by atoms with Crippen molar-refractivity contribution in [1.82, 2.24) is 20.0 Å². The van der Waals surface area contributed by atoms with Crippen molar-refractivity contribution in [1.29, 1.82) is 0 Å². The maximum absolute atomic E-state index is 11.6. The molecule has 1 saturated heterocycles. The first-order valence-corrected chi connectivity index (χ1v) is 8.12. The molecular formula is C12H15N5O2S. The van der Waals surface area contributed by atoms with E-state index in [4.69, 9.17) is 5.73 Å².